The lowest BCUT2D eigenvalue weighted by atomic mass is 10.1. The quantitative estimate of drug-likeness (QED) is 0.774. The van der Waals surface area contributed by atoms with Crippen molar-refractivity contribution in [2.45, 2.75) is 13.5 Å². The Morgan fingerprint density at radius 3 is 2.71 bits per heavy atom. The third-order valence-corrected chi connectivity index (χ3v) is 2.87. The van der Waals surface area contributed by atoms with Crippen molar-refractivity contribution in [2.75, 3.05) is 0 Å². The van der Waals surface area contributed by atoms with E-state index in [1.165, 1.54) is 0 Å². The van der Waals surface area contributed by atoms with Crippen LogP contribution in [-0.4, -0.2) is 4.98 Å². The third kappa shape index (κ3) is 1.40. The van der Waals surface area contributed by atoms with Crippen LogP contribution in [0.3, 0.4) is 0 Å². The molecule has 74 valence electrons. The predicted molar refractivity (Wildman–Crippen MR) is 60.9 cm³/mol. The molecule has 0 unspecified atom stereocenters. The molecule has 2 aromatic rings. The first-order valence-corrected chi connectivity index (χ1v) is 5.05. The number of aromatic nitrogens is 1. The van der Waals surface area contributed by atoms with Gasteiger partial charge in [-0.05, 0) is 24.6 Å². The number of hydrogen-bond donors (Lipinski definition) is 2. The van der Waals surface area contributed by atoms with Crippen molar-refractivity contribution in [1.29, 1.82) is 0 Å². The molecule has 0 fully saturated rings. The van der Waals surface area contributed by atoms with E-state index in [1.807, 2.05) is 13.0 Å². The number of aromatic amines is 1. The van der Waals surface area contributed by atoms with Crippen molar-refractivity contribution < 1.29 is 0 Å². The van der Waals surface area contributed by atoms with Crippen molar-refractivity contribution in [2.24, 2.45) is 5.73 Å². The molecule has 0 bridgehead atoms. The van der Waals surface area contributed by atoms with Gasteiger partial charge >= 0.3 is 0 Å². The van der Waals surface area contributed by atoms with Crippen LogP contribution >= 0.6 is 23.2 Å². The Kier molecular flexibility index (Phi) is 2.43. The van der Waals surface area contributed by atoms with Gasteiger partial charge in [0.05, 0.1) is 10.5 Å². The minimum atomic E-state index is 0.489. The van der Waals surface area contributed by atoms with E-state index in [2.05, 4.69) is 4.98 Å². The van der Waals surface area contributed by atoms with Gasteiger partial charge in [-0.3, -0.25) is 0 Å². The van der Waals surface area contributed by atoms with Gasteiger partial charge in [-0.15, -0.1) is 0 Å². The van der Waals surface area contributed by atoms with Crippen LogP contribution in [0.25, 0.3) is 10.9 Å². The lowest BCUT2D eigenvalue weighted by Crippen LogP contribution is -1.96. The van der Waals surface area contributed by atoms with E-state index >= 15 is 0 Å². The van der Waals surface area contributed by atoms with Gasteiger partial charge in [0.2, 0.25) is 0 Å². The van der Waals surface area contributed by atoms with E-state index in [1.54, 1.807) is 6.07 Å². The molecule has 0 atom stereocenters. The number of nitrogens with two attached hydrogens (primary N) is 1. The van der Waals surface area contributed by atoms with E-state index in [0.29, 0.717) is 16.6 Å². The molecule has 0 aliphatic heterocycles. The van der Waals surface area contributed by atoms with E-state index in [9.17, 15) is 0 Å². The number of rotatable bonds is 1. The fourth-order valence-corrected chi connectivity index (χ4v) is 2.21. The molecule has 0 saturated heterocycles. The van der Waals surface area contributed by atoms with Gasteiger partial charge in [0.25, 0.3) is 0 Å². The second-order valence-electron chi connectivity index (χ2n) is 3.24. The van der Waals surface area contributed by atoms with Crippen molar-refractivity contribution in [1.82, 2.24) is 4.98 Å². The van der Waals surface area contributed by atoms with Crippen LogP contribution in [0.5, 0.6) is 0 Å². The summed E-state index contributed by atoms with van der Waals surface area (Å²) >= 11 is 12.0. The van der Waals surface area contributed by atoms with Crippen molar-refractivity contribution >= 4 is 34.1 Å². The molecule has 0 saturated carbocycles. The summed E-state index contributed by atoms with van der Waals surface area (Å²) < 4.78 is 0. The fourth-order valence-electron chi connectivity index (χ4n) is 1.67. The molecule has 14 heavy (non-hydrogen) atoms. The van der Waals surface area contributed by atoms with Crippen molar-refractivity contribution in [3.8, 4) is 0 Å². The number of halogens is 2. The topological polar surface area (TPSA) is 41.8 Å². The van der Waals surface area contributed by atoms with Crippen molar-refractivity contribution in [3.63, 3.8) is 0 Å². The zero-order valence-electron chi connectivity index (χ0n) is 7.70. The summed E-state index contributed by atoms with van der Waals surface area (Å²) in [6.45, 7) is 2.47. The van der Waals surface area contributed by atoms with E-state index in [4.69, 9.17) is 28.9 Å². The highest BCUT2D eigenvalue weighted by molar-refractivity contribution is 6.38. The maximum Gasteiger partial charge on any atom is 0.0662 e. The number of aryl methyl sites for hydroxylation is 1. The Bertz CT molecular complexity index is 488. The highest BCUT2D eigenvalue weighted by atomic mass is 35.5. The first-order chi connectivity index (χ1) is 6.63. The molecule has 1 aromatic heterocycles. The van der Waals surface area contributed by atoms with E-state index < -0.39 is 0 Å². The number of hydrogen-bond acceptors (Lipinski definition) is 1. The second kappa shape index (κ2) is 3.46. The number of H-pyrrole nitrogens is 1. The fraction of sp³-hybridized carbons (Fsp3) is 0.200. The predicted octanol–water partition coefficient (Wildman–Crippen LogP) is 3.24. The Hall–Kier alpha value is -0.700. The maximum absolute atomic E-state index is 6.05. The van der Waals surface area contributed by atoms with Crippen LogP contribution in [0.1, 0.15) is 11.3 Å². The van der Waals surface area contributed by atoms with Gasteiger partial charge in [0.1, 0.15) is 0 Å². The molecular weight excluding hydrogens is 219 g/mol. The number of benzene rings is 1. The molecule has 2 nitrogen and oxygen atoms in total. The largest absolute Gasteiger partial charge is 0.357 e. The Morgan fingerprint density at radius 2 is 2.07 bits per heavy atom. The average Bonchev–Trinajstić information content (AvgIpc) is 2.41. The normalized spacial score (nSPS) is 11.1. The molecule has 0 radical (unpaired) electrons. The summed E-state index contributed by atoms with van der Waals surface area (Å²) in [4.78, 5) is 3.20. The summed E-state index contributed by atoms with van der Waals surface area (Å²) in [6.07, 6.45) is 0. The monoisotopic (exact) mass is 228 g/mol. The molecular formula is C10H10Cl2N2. The maximum atomic E-state index is 6.05. The summed E-state index contributed by atoms with van der Waals surface area (Å²) in [6, 6.07) is 3.61. The Balaban J connectivity index is 2.87. The van der Waals surface area contributed by atoms with Crippen LogP contribution in [0, 0.1) is 6.92 Å². The molecule has 1 heterocycles. The zero-order valence-corrected chi connectivity index (χ0v) is 9.21. The van der Waals surface area contributed by atoms with Gasteiger partial charge in [0, 0.05) is 22.6 Å². The molecule has 0 amide bonds. The van der Waals surface area contributed by atoms with Gasteiger partial charge in [-0.1, -0.05) is 23.2 Å². The van der Waals surface area contributed by atoms with Gasteiger partial charge < -0.3 is 10.7 Å². The van der Waals surface area contributed by atoms with Gasteiger partial charge in [-0.2, -0.15) is 0 Å². The SMILES string of the molecule is Cc1[nH]c2c(Cl)cc(Cl)cc2c1CN. The highest BCUT2D eigenvalue weighted by Gasteiger charge is 2.10. The minimum absolute atomic E-state index is 0.489. The standard InChI is InChI=1S/C10H10Cl2N2/c1-5-8(4-13)7-2-6(11)3-9(12)10(7)14-5/h2-3,14H,4,13H2,1H3. The first-order valence-electron chi connectivity index (χ1n) is 4.29. The molecule has 2 rings (SSSR count). The minimum Gasteiger partial charge on any atom is -0.357 e. The van der Waals surface area contributed by atoms with Gasteiger partial charge in [-0.25, -0.2) is 0 Å². The van der Waals surface area contributed by atoms with Crippen molar-refractivity contribution in [3.05, 3.63) is 33.4 Å². The van der Waals surface area contributed by atoms with Crippen LogP contribution in [-0.2, 0) is 6.54 Å². The van der Waals surface area contributed by atoms with Gasteiger partial charge in [0.15, 0.2) is 0 Å². The smallest absolute Gasteiger partial charge is 0.0662 e. The van der Waals surface area contributed by atoms with E-state index in [-0.39, 0.29) is 0 Å². The molecule has 3 N–H and O–H groups in total. The molecule has 0 aliphatic carbocycles. The molecule has 0 spiro atoms. The van der Waals surface area contributed by atoms with Crippen LogP contribution < -0.4 is 5.73 Å². The lowest BCUT2D eigenvalue weighted by Gasteiger charge is -1.97. The zero-order chi connectivity index (χ0) is 10.3. The summed E-state index contributed by atoms with van der Waals surface area (Å²) in [7, 11) is 0. The Labute approximate surface area is 92.0 Å². The van der Waals surface area contributed by atoms with Crippen LogP contribution in [0.2, 0.25) is 10.0 Å². The number of fused-ring (bicyclic) bond motifs is 1. The van der Waals surface area contributed by atoms with Crippen LogP contribution in [0.15, 0.2) is 12.1 Å². The lowest BCUT2D eigenvalue weighted by molar-refractivity contribution is 1.05. The van der Waals surface area contributed by atoms with Crippen LogP contribution in [0.4, 0.5) is 0 Å². The third-order valence-electron chi connectivity index (χ3n) is 2.35. The first kappa shape index (κ1) is 9.84. The molecule has 1 aromatic carbocycles. The van der Waals surface area contributed by atoms with E-state index in [0.717, 1.165) is 22.2 Å². The molecule has 0 aliphatic rings. The average molecular weight is 229 g/mol. The highest BCUT2D eigenvalue weighted by Crippen LogP contribution is 2.31. The summed E-state index contributed by atoms with van der Waals surface area (Å²) in [5.41, 5.74) is 8.69. The second-order valence-corrected chi connectivity index (χ2v) is 4.09. The Morgan fingerprint density at radius 1 is 1.36 bits per heavy atom. The number of nitrogens with one attached hydrogen (secondary N) is 1. The summed E-state index contributed by atoms with van der Waals surface area (Å²) in [5, 5.41) is 2.29. The molecule has 4 heteroatoms. The summed E-state index contributed by atoms with van der Waals surface area (Å²) in [5.74, 6) is 0.